The van der Waals surface area contributed by atoms with Crippen molar-refractivity contribution < 1.29 is 14.4 Å². The van der Waals surface area contributed by atoms with E-state index in [1.807, 2.05) is 19.1 Å². The zero-order valence-corrected chi connectivity index (χ0v) is 18.2. The predicted octanol–water partition coefficient (Wildman–Crippen LogP) is 3.60. The first-order valence-corrected chi connectivity index (χ1v) is 10.3. The number of imide groups is 1. The maximum Gasteiger partial charge on any atom is 0.328 e. The molecule has 0 aromatic heterocycles. The van der Waals surface area contributed by atoms with Gasteiger partial charge in [0.25, 0.3) is 5.91 Å². The molecule has 1 saturated heterocycles. The van der Waals surface area contributed by atoms with Crippen molar-refractivity contribution in [3.05, 3.63) is 70.2 Å². The summed E-state index contributed by atoms with van der Waals surface area (Å²) in [6.07, 6.45) is 0.683. The number of urea groups is 1. The zero-order chi connectivity index (χ0) is 22.3. The van der Waals surface area contributed by atoms with Gasteiger partial charge in [-0.25, -0.2) is 14.8 Å². The second-order valence-electron chi connectivity index (χ2n) is 7.53. The van der Waals surface area contributed by atoms with E-state index in [9.17, 15) is 14.4 Å². The topological polar surface area (TPSA) is 82.4 Å². The van der Waals surface area contributed by atoms with E-state index in [1.54, 1.807) is 43.4 Å². The van der Waals surface area contributed by atoms with Crippen molar-refractivity contribution in [2.45, 2.75) is 25.4 Å². The first-order chi connectivity index (χ1) is 14.8. The van der Waals surface area contributed by atoms with Crippen LogP contribution in [0.3, 0.4) is 0 Å². The van der Waals surface area contributed by atoms with Gasteiger partial charge >= 0.3 is 6.03 Å². The second kappa shape index (κ2) is 7.74. The van der Waals surface area contributed by atoms with Crippen LogP contribution in [0.4, 0.5) is 4.79 Å². The first-order valence-electron chi connectivity index (χ1n) is 9.90. The van der Waals surface area contributed by atoms with Gasteiger partial charge in [-0.15, -0.1) is 0 Å². The minimum absolute atomic E-state index is 0.159. The predicted molar refractivity (Wildman–Crippen MR) is 119 cm³/mol. The molecule has 0 spiro atoms. The summed E-state index contributed by atoms with van der Waals surface area (Å²) in [7, 11) is 3.03. The van der Waals surface area contributed by atoms with Crippen molar-refractivity contribution in [1.29, 1.82) is 0 Å². The lowest BCUT2D eigenvalue weighted by Gasteiger charge is -2.43. The Morgan fingerprint density at radius 3 is 2.42 bits per heavy atom. The average Bonchev–Trinajstić information content (AvgIpc) is 3.16. The van der Waals surface area contributed by atoms with E-state index in [2.05, 4.69) is 4.99 Å². The van der Waals surface area contributed by atoms with Crippen LogP contribution in [0, 0.1) is 0 Å². The molecule has 0 N–H and O–H groups in total. The van der Waals surface area contributed by atoms with Crippen LogP contribution in [0.15, 0.2) is 58.5 Å². The standard InChI is InChI=1S/C23H21ClN4O3/c1-4-18-25-20-21(30)27(2)22(31)28(3)23(20,26-18)13-15-7-5-6-8-17(15)19(29)14-9-11-16(24)12-10-14/h5-12H,4,13H2,1-3H3. The molecule has 1 fully saturated rings. The third kappa shape index (κ3) is 3.35. The van der Waals surface area contributed by atoms with Gasteiger partial charge in [-0.05, 0) is 29.8 Å². The number of amidine groups is 1. The highest BCUT2D eigenvalue weighted by Crippen LogP contribution is 2.35. The third-order valence-corrected chi connectivity index (χ3v) is 5.94. The molecule has 2 aliphatic heterocycles. The maximum atomic E-state index is 13.2. The van der Waals surface area contributed by atoms with Gasteiger partial charge in [-0.2, -0.15) is 0 Å². The number of hydrogen-bond donors (Lipinski definition) is 0. The summed E-state index contributed by atoms with van der Waals surface area (Å²) < 4.78 is 0. The fourth-order valence-electron chi connectivity index (χ4n) is 3.91. The molecular formula is C23H21ClN4O3. The van der Waals surface area contributed by atoms with E-state index in [-0.39, 0.29) is 17.9 Å². The number of amides is 3. The van der Waals surface area contributed by atoms with Crippen molar-refractivity contribution in [1.82, 2.24) is 9.80 Å². The number of ketones is 1. The van der Waals surface area contributed by atoms with Crippen LogP contribution in [-0.2, 0) is 11.2 Å². The number of nitrogens with zero attached hydrogens (tertiary/aromatic N) is 4. The summed E-state index contributed by atoms with van der Waals surface area (Å²) in [5, 5.41) is 0.543. The quantitative estimate of drug-likeness (QED) is 0.671. The van der Waals surface area contributed by atoms with Crippen molar-refractivity contribution >= 4 is 40.9 Å². The monoisotopic (exact) mass is 436 g/mol. The maximum absolute atomic E-state index is 13.2. The molecule has 2 aliphatic rings. The third-order valence-electron chi connectivity index (χ3n) is 5.69. The lowest BCUT2D eigenvalue weighted by Crippen LogP contribution is -2.66. The molecule has 0 bridgehead atoms. The zero-order valence-electron chi connectivity index (χ0n) is 17.4. The van der Waals surface area contributed by atoms with Gasteiger partial charge in [0.15, 0.2) is 17.2 Å². The first kappa shape index (κ1) is 20.9. The van der Waals surface area contributed by atoms with Gasteiger partial charge < -0.3 is 0 Å². The average molecular weight is 437 g/mol. The molecule has 0 aliphatic carbocycles. The van der Waals surface area contributed by atoms with E-state index >= 15 is 0 Å². The van der Waals surface area contributed by atoms with Crippen LogP contribution in [0.5, 0.6) is 0 Å². The Labute approximate surface area is 185 Å². The number of rotatable bonds is 5. The molecule has 0 radical (unpaired) electrons. The lowest BCUT2D eigenvalue weighted by atomic mass is 9.87. The Morgan fingerprint density at radius 2 is 1.74 bits per heavy atom. The van der Waals surface area contributed by atoms with Crippen LogP contribution < -0.4 is 0 Å². The Kier molecular flexibility index (Phi) is 5.23. The fraction of sp³-hybridized carbons (Fsp3) is 0.261. The van der Waals surface area contributed by atoms with Gasteiger partial charge in [0.1, 0.15) is 5.84 Å². The van der Waals surface area contributed by atoms with Gasteiger partial charge in [-0.3, -0.25) is 19.4 Å². The molecule has 2 heterocycles. The molecule has 7 nitrogen and oxygen atoms in total. The largest absolute Gasteiger partial charge is 0.328 e. The molecule has 31 heavy (non-hydrogen) atoms. The van der Waals surface area contributed by atoms with Gasteiger partial charge in [0.2, 0.25) is 0 Å². The van der Waals surface area contributed by atoms with E-state index < -0.39 is 17.6 Å². The number of carbonyl (C=O) groups is 3. The number of fused-ring (bicyclic) bond motifs is 1. The molecule has 1 unspecified atom stereocenters. The van der Waals surface area contributed by atoms with Crippen molar-refractivity contribution in [3.8, 4) is 0 Å². The number of likely N-dealkylation sites (N-methyl/N-ethyl adjacent to an activating group) is 1. The molecule has 4 rings (SSSR count). The highest BCUT2D eigenvalue weighted by Gasteiger charge is 2.55. The van der Waals surface area contributed by atoms with Crippen LogP contribution in [0.1, 0.15) is 34.8 Å². The van der Waals surface area contributed by atoms with E-state index in [0.29, 0.717) is 34.0 Å². The summed E-state index contributed by atoms with van der Waals surface area (Å²) in [5.41, 5.74) is 0.570. The fourth-order valence-corrected chi connectivity index (χ4v) is 4.04. The number of halogens is 1. The van der Waals surface area contributed by atoms with Crippen molar-refractivity contribution in [2.75, 3.05) is 14.1 Å². The molecule has 8 heteroatoms. The number of hydrogen-bond acceptors (Lipinski definition) is 5. The van der Waals surface area contributed by atoms with Crippen LogP contribution in [0.25, 0.3) is 0 Å². The second-order valence-corrected chi connectivity index (χ2v) is 7.97. The van der Waals surface area contributed by atoms with Crippen LogP contribution >= 0.6 is 11.6 Å². The minimum atomic E-state index is -1.28. The molecule has 2 aromatic rings. The van der Waals surface area contributed by atoms with Crippen molar-refractivity contribution in [3.63, 3.8) is 0 Å². The summed E-state index contributed by atoms with van der Waals surface area (Å²) in [6.45, 7) is 1.89. The van der Waals surface area contributed by atoms with Gasteiger partial charge in [0.05, 0.1) is 0 Å². The molecule has 2 aromatic carbocycles. The molecule has 1 atom stereocenters. The highest BCUT2D eigenvalue weighted by molar-refractivity contribution is 6.48. The number of carbonyl (C=O) groups excluding carboxylic acids is 3. The minimum Gasteiger partial charge on any atom is -0.297 e. The smallest absolute Gasteiger partial charge is 0.297 e. The Balaban J connectivity index is 1.80. The molecular weight excluding hydrogens is 416 g/mol. The summed E-state index contributed by atoms with van der Waals surface area (Å²) in [6, 6.07) is 13.4. The summed E-state index contributed by atoms with van der Waals surface area (Å²) in [4.78, 5) is 50.5. The lowest BCUT2D eigenvalue weighted by molar-refractivity contribution is -0.122. The van der Waals surface area contributed by atoms with Crippen LogP contribution in [0.2, 0.25) is 5.02 Å². The van der Waals surface area contributed by atoms with Crippen molar-refractivity contribution in [2.24, 2.45) is 9.98 Å². The SMILES string of the molecule is CCC1=NC2(Cc3ccccc3C(=O)c3ccc(Cl)cc3)C(=N1)C(=O)N(C)C(=O)N2C. The molecule has 3 amide bonds. The Bertz CT molecular complexity index is 1160. The Morgan fingerprint density at radius 1 is 1.06 bits per heavy atom. The van der Waals surface area contributed by atoms with E-state index in [1.165, 1.54) is 11.9 Å². The number of aliphatic imine (C=N–C) groups is 2. The number of benzene rings is 2. The summed E-state index contributed by atoms with van der Waals surface area (Å²) >= 11 is 5.95. The molecule has 0 saturated carbocycles. The van der Waals surface area contributed by atoms with Gasteiger partial charge in [0, 0.05) is 43.1 Å². The summed E-state index contributed by atoms with van der Waals surface area (Å²) in [5.74, 6) is -0.148. The van der Waals surface area contributed by atoms with Crippen LogP contribution in [-0.4, -0.2) is 58.8 Å². The van der Waals surface area contributed by atoms with E-state index in [4.69, 9.17) is 16.6 Å². The Hall–Kier alpha value is -3.32. The highest BCUT2D eigenvalue weighted by atomic mass is 35.5. The normalized spacial score (nSPS) is 20.5. The van der Waals surface area contributed by atoms with Gasteiger partial charge in [-0.1, -0.05) is 42.8 Å². The van der Waals surface area contributed by atoms with E-state index in [0.717, 1.165) is 4.90 Å². The molecule has 158 valence electrons.